The summed E-state index contributed by atoms with van der Waals surface area (Å²) in [6.07, 6.45) is 0.354. The van der Waals surface area contributed by atoms with Crippen molar-refractivity contribution in [1.82, 2.24) is 4.72 Å². The Morgan fingerprint density at radius 2 is 1.50 bits per heavy atom. The van der Waals surface area contributed by atoms with Gasteiger partial charge in [0.05, 0.1) is 4.90 Å². The lowest BCUT2D eigenvalue weighted by molar-refractivity contribution is 0.257. The molecule has 0 aliphatic heterocycles. The van der Waals surface area contributed by atoms with Gasteiger partial charge in [0.15, 0.2) is 0 Å². The normalized spacial score (nSPS) is 11.3. The first-order chi connectivity index (χ1) is 16.4. The van der Waals surface area contributed by atoms with Gasteiger partial charge in [-0.1, -0.05) is 48.5 Å². The lowest BCUT2D eigenvalue weighted by Gasteiger charge is -2.23. The van der Waals surface area contributed by atoms with E-state index in [0.717, 1.165) is 10.8 Å². The third-order valence-electron chi connectivity index (χ3n) is 5.29. The highest BCUT2D eigenvalue weighted by atomic mass is 32.2. The zero-order valence-electron chi connectivity index (χ0n) is 18.3. The Balaban J connectivity index is 1.42. The van der Waals surface area contributed by atoms with Gasteiger partial charge in [0, 0.05) is 24.5 Å². The third-order valence-corrected chi connectivity index (χ3v) is 6.75. The van der Waals surface area contributed by atoms with Crippen LogP contribution in [-0.4, -0.2) is 27.5 Å². The number of nitrogens with zero attached hydrogens (tertiary/aromatic N) is 1. The Hall–Kier alpha value is -3.75. The van der Waals surface area contributed by atoms with E-state index < -0.39 is 21.9 Å². The summed E-state index contributed by atoms with van der Waals surface area (Å²) in [5.74, 6) is -0.407. The van der Waals surface area contributed by atoms with Crippen molar-refractivity contribution in [2.45, 2.75) is 11.3 Å². The SMILES string of the molecule is O=C(Nc1ccccc1)N(CCCNS(=O)(=O)c1ccc2ccccc2c1)c1ccc(F)cc1. The number of anilines is 2. The van der Waals surface area contributed by atoms with Gasteiger partial charge in [-0.2, -0.15) is 0 Å². The van der Waals surface area contributed by atoms with Crippen molar-refractivity contribution in [3.63, 3.8) is 0 Å². The fraction of sp³-hybridized carbons (Fsp3) is 0.115. The fourth-order valence-corrected chi connectivity index (χ4v) is 4.65. The molecule has 4 aromatic carbocycles. The highest BCUT2D eigenvalue weighted by Gasteiger charge is 2.18. The lowest BCUT2D eigenvalue weighted by Crippen LogP contribution is -2.37. The van der Waals surface area contributed by atoms with Crippen molar-refractivity contribution in [3.8, 4) is 0 Å². The number of hydrogen-bond acceptors (Lipinski definition) is 3. The maximum Gasteiger partial charge on any atom is 0.326 e. The quantitative estimate of drug-likeness (QED) is 0.334. The number of benzene rings is 4. The highest BCUT2D eigenvalue weighted by Crippen LogP contribution is 2.20. The number of fused-ring (bicyclic) bond motifs is 1. The van der Waals surface area contributed by atoms with Crippen molar-refractivity contribution < 1.29 is 17.6 Å². The summed E-state index contributed by atoms with van der Waals surface area (Å²) in [5, 5.41) is 4.61. The Morgan fingerprint density at radius 1 is 0.824 bits per heavy atom. The van der Waals surface area contributed by atoms with Crippen molar-refractivity contribution in [2.75, 3.05) is 23.3 Å². The summed E-state index contributed by atoms with van der Waals surface area (Å²) in [6, 6.07) is 26.7. The molecule has 0 heterocycles. The topological polar surface area (TPSA) is 78.5 Å². The van der Waals surface area contributed by atoms with Gasteiger partial charge in [0.25, 0.3) is 0 Å². The Labute approximate surface area is 198 Å². The van der Waals surface area contributed by atoms with Gasteiger partial charge in [-0.25, -0.2) is 22.3 Å². The molecular weight excluding hydrogens is 453 g/mol. The van der Waals surface area contributed by atoms with Crippen LogP contribution < -0.4 is 14.9 Å². The Bertz CT molecular complexity index is 1380. The molecule has 0 bridgehead atoms. The van der Waals surface area contributed by atoms with E-state index in [0.29, 0.717) is 17.8 Å². The number of nitrogens with one attached hydrogen (secondary N) is 2. The van der Waals surface area contributed by atoms with Crippen LogP contribution in [-0.2, 0) is 10.0 Å². The van der Waals surface area contributed by atoms with E-state index in [4.69, 9.17) is 0 Å². The average molecular weight is 478 g/mol. The molecule has 0 spiro atoms. The predicted molar refractivity (Wildman–Crippen MR) is 133 cm³/mol. The van der Waals surface area contributed by atoms with Crippen LogP contribution in [0.25, 0.3) is 10.8 Å². The standard InChI is InChI=1S/C26H24FN3O3S/c27-22-12-14-24(15-13-22)30(26(31)29-23-9-2-1-3-10-23)18-6-17-28-34(32,33)25-16-11-20-7-4-5-8-21(20)19-25/h1-5,7-16,19,28H,6,17-18H2,(H,29,31). The van der Waals surface area contributed by atoms with Crippen molar-refractivity contribution >= 4 is 38.2 Å². The van der Waals surface area contributed by atoms with Gasteiger partial charge in [-0.3, -0.25) is 4.90 Å². The number of carbonyl (C=O) groups is 1. The molecule has 0 radical (unpaired) electrons. The van der Waals surface area contributed by atoms with E-state index in [1.54, 1.807) is 42.5 Å². The fourth-order valence-electron chi connectivity index (χ4n) is 3.54. The van der Waals surface area contributed by atoms with Crippen LogP contribution in [0.5, 0.6) is 0 Å². The third kappa shape index (κ3) is 5.78. The molecule has 34 heavy (non-hydrogen) atoms. The molecule has 0 unspecified atom stereocenters. The predicted octanol–water partition coefficient (Wildman–Crippen LogP) is 5.39. The van der Waals surface area contributed by atoms with Crippen LogP contribution in [0.15, 0.2) is 102 Å². The molecular formula is C26H24FN3O3S. The molecule has 0 atom stereocenters. The van der Waals surface area contributed by atoms with Gasteiger partial charge in [-0.15, -0.1) is 0 Å². The smallest absolute Gasteiger partial charge is 0.308 e. The first-order valence-electron chi connectivity index (χ1n) is 10.8. The van der Waals surface area contributed by atoms with Crippen LogP contribution >= 0.6 is 0 Å². The minimum absolute atomic E-state index is 0.130. The molecule has 0 aliphatic rings. The van der Waals surface area contributed by atoms with Gasteiger partial charge in [0.2, 0.25) is 10.0 Å². The first kappa shape index (κ1) is 23.4. The molecule has 4 aromatic rings. The first-order valence-corrected chi connectivity index (χ1v) is 12.3. The molecule has 0 saturated carbocycles. The van der Waals surface area contributed by atoms with E-state index in [1.807, 2.05) is 30.3 Å². The number of rotatable bonds is 8. The van der Waals surface area contributed by atoms with Gasteiger partial charge in [0.1, 0.15) is 5.82 Å². The van der Waals surface area contributed by atoms with Crippen molar-refractivity contribution in [2.24, 2.45) is 0 Å². The average Bonchev–Trinajstić information content (AvgIpc) is 2.85. The summed E-state index contributed by atoms with van der Waals surface area (Å²) < 4.78 is 41.5. The van der Waals surface area contributed by atoms with Crippen molar-refractivity contribution in [1.29, 1.82) is 0 Å². The second-order valence-corrected chi connectivity index (χ2v) is 9.45. The maximum absolute atomic E-state index is 13.4. The number of carbonyl (C=O) groups excluding carboxylic acids is 1. The summed E-state index contributed by atoms with van der Waals surface area (Å²) in [5.41, 5.74) is 1.13. The number of hydrogen-bond donors (Lipinski definition) is 2. The van der Waals surface area contributed by atoms with E-state index in [2.05, 4.69) is 10.0 Å². The Morgan fingerprint density at radius 3 is 2.24 bits per heavy atom. The number of sulfonamides is 1. The van der Waals surface area contributed by atoms with E-state index in [-0.39, 0.29) is 18.0 Å². The zero-order valence-corrected chi connectivity index (χ0v) is 19.1. The van der Waals surface area contributed by atoms with Crippen LogP contribution in [0.2, 0.25) is 0 Å². The molecule has 0 saturated heterocycles. The second-order valence-electron chi connectivity index (χ2n) is 7.68. The maximum atomic E-state index is 13.4. The van der Waals surface area contributed by atoms with Crippen LogP contribution in [0.4, 0.5) is 20.6 Å². The highest BCUT2D eigenvalue weighted by molar-refractivity contribution is 7.89. The number of amides is 2. The van der Waals surface area contributed by atoms with Crippen LogP contribution in [0, 0.1) is 5.82 Å². The number of urea groups is 1. The largest absolute Gasteiger partial charge is 0.326 e. The molecule has 0 aromatic heterocycles. The molecule has 0 aliphatic carbocycles. The zero-order chi connectivity index (χ0) is 24.0. The number of para-hydroxylation sites is 1. The molecule has 6 nitrogen and oxygen atoms in total. The van der Waals surface area contributed by atoms with Crippen molar-refractivity contribution in [3.05, 3.63) is 103 Å². The summed E-state index contributed by atoms with van der Waals surface area (Å²) in [4.78, 5) is 14.6. The minimum atomic E-state index is -3.71. The molecule has 0 fully saturated rings. The van der Waals surface area contributed by atoms with E-state index in [9.17, 15) is 17.6 Å². The summed E-state index contributed by atoms with van der Waals surface area (Å²) in [6.45, 7) is 0.357. The van der Waals surface area contributed by atoms with E-state index in [1.165, 1.54) is 29.2 Å². The lowest BCUT2D eigenvalue weighted by atomic mass is 10.1. The van der Waals surface area contributed by atoms with Crippen LogP contribution in [0.3, 0.4) is 0 Å². The Kier molecular flexibility index (Phi) is 7.20. The second kappa shape index (κ2) is 10.5. The molecule has 4 rings (SSSR count). The molecule has 174 valence electrons. The van der Waals surface area contributed by atoms with Gasteiger partial charge in [-0.05, 0) is 65.7 Å². The summed E-state index contributed by atoms with van der Waals surface area (Å²) in [7, 11) is -3.71. The number of halogens is 1. The van der Waals surface area contributed by atoms with E-state index >= 15 is 0 Å². The van der Waals surface area contributed by atoms with Crippen LogP contribution in [0.1, 0.15) is 6.42 Å². The monoisotopic (exact) mass is 477 g/mol. The van der Waals surface area contributed by atoms with Gasteiger partial charge >= 0.3 is 6.03 Å². The van der Waals surface area contributed by atoms with Gasteiger partial charge < -0.3 is 5.32 Å². The summed E-state index contributed by atoms with van der Waals surface area (Å²) >= 11 is 0. The minimum Gasteiger partial charge on any atom is -0.308 e. The molecule has 8 heteroatoms. The molecule has 2 N–H and O–H groups in total. The molecule has 2 amide bonds.